The van der Waals surface area contributed by atoms with E-state index in [1.165, 1.54) is 40.9 Å². The molecule has 4 amide bonds. The van der Waals surface area contributed by atoms with Gasteiger partial charge in [0.1, 0.15) is 12.5 Å². The molecule has 378 valence electrons. The number of thioether (sulfide) groups is 1. The highest BCUT2D eigenvalue weighted by atomic mass is 32.2. The van der Waals surface area contributed by atoms with Crippen LogP contribution in [-0.2, 0) is 23.8 Å². The van der Waals surface area contributed by atoms with Crippen molar-refractivity contribution in [1.82, 2.24) is 29.7 Å². The molecule has 6 rings (SSSR count). The van der Waals surface area contributed by atoms with Crippen molar-refractivity contribution in [2.24, 2.45) is 0 Å². The Morgan fingerprint density at radius 3 is 1.54 bits per heavy atom. The highest BCUT2D eigenvalue weighted by molar-refractivity contribution is 7.98. The molecule has 71 heavy (non-hydrogen) atoms. The molecule has 6 unspecified atom stereocenters. The zero-order valence-corrected chi connectivity index (χ0v) is 38.7. The Morgan fingerprint density at radius 1 is 0.718 bits per heavy atom. The van der Waals surface area contributed by atoms with Crippen LogP contribution in [0.25, 0.3) is 0 Å². The first-order valence-corrected chi connectivity index (χ1v) is 22.9. The van der Waals surface area contributed by atoms with Gasteiger partial charge in [-0.25, -0.2) is 9.59 Å². The second kappa shape index (κ2) is 25.2. The summed E-state index contributed by atoms with van der Waals surface area (Å²) in [6.07, 6.45) is -7.36. The second-order valence-electron chi connectivity index (χ2n) is 15.2. The van der Waals surface area contributed by atoms with Crippen LogP contribution in [0.5, 0.6) is 0 Å². The summed E-state index contributed by atoms with van der Waals surface area (Å²) >= 11 is 1.51. The molecule has 18 nitrogen and oxygen atoms in total. The van der Waals surface area contributed by atoms with E-state index < -0.39 is 85.1 Å². The highest BCUT2D eigenvalue weighted by Crippen LogP contribution is 2.33. The summed E-state index contributed by atoms with van der Waals surface area (Å²) in [5.41, 5.74) is -0.877. The number of anilines is 2. The summed E-state index contributed by atoms with van der Waals surface area (Å²) in [6, 6.07) is 16.2. The molecule has 4 aromatic rings. The SMILES string of the molecule is CCC1OC(n2cc(C#CCNC(=O)C(F)(F)F)c(NC(=O)c3ccccc3)nc2=O)CC1O.CCC1OC(n2cc(C#CCNC(=O)C(F)(F)F)c(NC(=O)c3ccccc3)nc2=O)CC1OCSC. The summed E-state index contributed by atoms with van der Waals surface area (Å²) in [4.78, 5) is 80.5. The number of aliphatic hydroxyl groups excluding tert-OH is 1. The molecule has 2 aromatic heterocycles. The number of carbonyl (C=O) groups is 4. The van der Waals surface area contributed by atoms with E-state index in [1.54, 1.807) is 59.2 Å². The molecule has 2 aliphatic rings. The van der Waals surface area contributed by atoms with Crippen LogP contribution in [-0.4, -0.2) is 110 Å². The zero-order valence-electron chi connectivity index (χ0n) is 37.9. The van der Waals surface area contributed by atoms with Gasteiger partial charge in [0.25, 0.3) is 11.8 Å². The lowest BCUT2D eigenvalue weighted by Crippen LogP contribution is -2.36. The number of amides is 4. The Hall–Kier alpha value is -7.03. The molecule has 0 saturated carbocycles. The Bertz CT molecular complexity index is 2770. The first kappa shape index (κ1) is 54.9. The largest absolute Gasteiger partial charge is 0.471 e. The minimum atomic E-state index is -5.05. The number of alkyl halides is 6. The topological polar surface area (TPSA) is 234 Å². The van der Waals surface area contributed by atoms with Gasteiger partial charge in [-0.3, -0.25) is 28.3 Å². The number of ether oxygens (including phenoxy) is 3. The minimum Gasteiger partial charge on any atom is -0.390 e. The fourth-order valence-electron chi connectivity index (χ4n) is 6.81. The molecule has 0 radical (unpaired) electrons. The number of nitrogens with one attached hydrogen (secondary N) is 4. The smallest absolute Gasteiger partial charge is 0.390 e. The lowest BCUT2D eigenvalue weighted by Gasteiger charge is -2.17. The Labute approximate surface area is 405 Å². The molecule has 2 aromatic carbocycles. The standard InChI is InChI=1S/C24H25F3N4O5S.C22H21F3N4O5/c1-3-17-18(35-14-37-2)12-19(36-17)31-13-16(10-7-11-28-22(33)24(25,26)27)20(30-23(31)34)29-21(32)15-8-5-4-6-9-15;1-2-16-15(30)11-17(34-16)29-12-14(9-6-10-26-20(32)22(23,24)25)18(28-21(29)33)27-19(31)13-7-4-3-5-8-13/h4-6,8-9,13,17-19H,3,11-12,14H2,1-2H3,(H,28,33)(H,29,30,32,34);3-5,7-8,12,15-17,30H,2,10-11H2,1H3,(H,26,32)(H,27,28,31,33). The summed E-state index contributed by atoms with van der Waals surface area (Å²) < 4.78 is 94.1. The molecular weight excluding hydrogens is 971 g/mol. The highest BCUT2D eigenvalue weighted by Gasteiger charge is 2.40. The molecule has 5 N–H and O–H groups in total. The minimum absolute atomic E-state index is 0.00294. The van der Waals surface area contributed by atoms with Crippen LogP contribution in [0.3, 0.4) is 0 Å². The van der Waals surface area contributed by atoms with Crippen molar-refractivity contribution < 1.29 is 64.8 Å². The van der Waals surface area contributed by atoms with Gasteiger partial charge < -0.3 is 40.6 Å². The third-order valence-corrected chi connectivity index (χ3v) is 10.7. The van der Waals surface area contributed by atoms with Gasteiger partial charge in [0.15, 0.2) is 11.6 Å². The first-order valence-electron chi connectivity index (χ1n) is 21.5. The molecule has 2 saturated heterocycles. The molecule has 25 heteroatoms. The van der Waals surface area contributed by atoms with Crippen molar-refractivity contribution in [3.05, 3.63) is 116 Å². The third-order valence-electron chi connectivity index (χ3n) is 10.3. The average Bonchev–Trinajstić information content (AvgIpc) is 3.94. The van der Waals surface area contributed by atoms with E-state index in [2.05, 4.69) is 44.3 Å². The lowest BCUT2D eigenvalue weighted by atomic mass is 10.1. The van der Waals surface area contributed by atoms with Crippen molar-refractivity contribution in [2.45, 2.75) is 88.8 Å². The van der Waals surface area contributed by atoms with Gasteiger partial charge in [0.05, 0.1) is 54.6 Å². The molecule has 4 heterocycles. The van der Waals surface area contributed by atoms with Gasteiger partial charge in [0.2, 0.25) is 0 Å². The molecule has 0 aliphatic carbocycles. The Morgan fingerprint density at radius 2 is 1.14 bits per heavy atom. The van der Waals surface area contributed by atoms with Crippen LogP contribution in [0.2, 0.25) is 0 Å². The van der Waals surface area contributed by atoms with Crippen LogP contribution >= 0.6 is 11.8 Å². The van der Waals surface area contributed by atoms with Gasteiger partial charge in [-0.05, 0) is 43.4 Å². The maximum absolute atomic E-state index is 12.9. The van der Waals surface area contributed by atoms with E-state index in [4.69, 9.17) is 14.2 Å². The van der Waals surface area contributed by atoms with E-state index in [0.717, 1.165) is 4.57 Å². The van der Waals surface area contributed by atoms with E-state index in [1.807, 2.05) is 20.1 Å². The number of carbonyl (C=O) groups excluding carboxylic acids is 4. The normalized spacial score (nSPS) is 19.4. The van der Waals surface area contributed by atoms with E-state index in [0.29, 0.717) is 30.8 Å². The van der Waals surface area contributed by atoms with Gasteiger partial charge in [0, 0.05) is 36.4 Å². The summed E-state index contributed by atoms with van der Waals surface area (Å²) in [5, 5.41) is 18.3. The number of aliphatic hydroxyl groups is 1. The van der Waals surface area contributed by atoms with Crippen molar-refractivity contribution in [3.8, 4) is 23.7 Å². The van der Waals surface area contributed by atoms with Gasteiger partial charge in [-0.1, -0.05) is 73.9 Å². The number of rotatable bonds is 13. The first-order chi connectivity index (χ1) is 33.7. The fraction of sp³-hybridized carbons (Fsp3) is 0.391. The van der Waals surface area contributed by atoms with Crippen LogP contribution in [0, 0.1) is 23.7 Å². The zero-order chi connectivity index (χ0) is 51.9. The number of aromatic nitrogens is 4. The van der Waals surface area contributed by atoms with Crippen molar-refractivity contribution >= 4 is 47.0 Å². The molecular formula is C46H46F6N8O10S. The number of benzene rings is 2. The van der Waals surface area contributed by atoms with Gasteiger partial charge in [-0.15, -0.1) is 11.8 Å². The fourth-order valence-corrected chi connectivity index (χ4v) is 7.12. The molecule has 2 fully saturated rings. The van der Waals surface area contributed by atoms with Gasteiger partial charge >= 0.3 is 35.5 Å². The monoisotopic (exact) mass is 1020 g/mol. The predicted octanol–water partition coefficient (Wildman–Crippen LogP) is 4.51. The summed E-state index contributed by atoms with van der Waals surface area (Å²) in [6.45, 7) is 2.48. The lowest BCUT2D eigenvalue weighted by molar-refractivity contribution is -0.173. The van der Waals surface area contributed by atoms with Crippen molar-refractivity contribution in [3.63, 3.8) is 0 Å². The second-order valence-corrected chi connectivity index (χ2v) is 16.0. The van der Waals surface area contributed by atoms with Crippen LogP contribution in [0.4, 0.5) is 38.0 Å². The van der Waals surface area contributed by atoms with Crippen molar-refractivity contribution in [1.29, 1.82) is 0 Å². The number of nitrogens with zero attached hydrogens (tertiary/aromatic N) is 4. The average molecular weight is 1020 g/mol. The predicted molar refractivity (Wildman–Crippen MR) is 245 cm³/mol. The van der Waals surface area contributed by atoms with E-state index in [-0.39, 0.29) is 47.0 Å². The van der Waals surface area contributed by atoms with Gasteiger partial charge in [-0.2, -0.15) is 36.3 Å². The summed E-state index contributed by atoms with van der Waals surface area (Å²) in [7, 11) is 0. The Kier molecular flexibility index (Phi) is 19.5. The summed E-state index contributed by atoms with van der Waals surface area (Å²) in [5.74, 6) is 4.47. The number of halogens is 6. The number of hydrogen-bond donors (Lipinski definition) is 5. The molecule has 0 spiro atoms. The van der Waals surface area contributed by atoms with E-state index >= 15 is 0 Å². The molecule has 6 atom stereocenters. The molecule has 0 bridgehead atoms. The maximum Gasteiger partial charge on any atom is 0.471 e. The third kappa shape index (κ3) is 15.5. The molecule has 2 aliphatic heterocycles. The van der Waals surface area contributed by atoms with Crippen LogP contribution in [0.15, 0.2) is 82.6 Å². The maximum atomic E-state index is 12.9. The van der Waals surface area contributed by atoms with Crippen LogP contribution < -0.4 is 32.6 Å². The van der Waals surface area contributed by atoms with E-state index in [9.17, 15) is 60.2 Å². The quantitative estimate of drug-likeness (QED) is 0.0706. The Balaban J connectivity index is 0.000000265. The van der Waals surface area contributed by atoms with Crippen molar-refractivity contribution in [2.75, 3.05) is 35.9 Å². The number of hydrogen-bond acceptors (Lipinski definition) is 13. The van der Waals surface area contributed by atoms with Crippen LogP contribution in [0.1, 0.15) is 83.8 Å².